The molecule has 0 atom stereocenters. The van der Waals surface area contributed by atoms with Gasteiger partial charge in [-0.05, 0) is 0 Å². The van der Waals surface area contributed by atoms with Crippen molar-refractivity contribution >= 4 is 20.8 Å². The molecule has 0 saturated carbocycles. The van der Waals surface area contributed by atoms with Crippen LogP contribution < -0.4 is 70.9 Å². The van der Waals surface area contributed by atoms with Crippen molar-refractivity contribution in [3.63, 3.8) is 0 Å². The van der Waals surface area contributed by atoms with Gasteiger partial charge in [-0.1, -0.05) is 44.6 Å². The van der Waals surface area contributed by atoms with Gasteiger partial charge >= 0.3 is 59.1 Å². The molecule has 12 nitrogen and oxygen atoms in total. The van der Waals surface area contributed by atoms with Gasteiger partial charge in [0, 0.05) is 20.8 Å². The Hall–Kier alpha value is 1.58. The van der Waals surface area contributed by atoms with Crippen molar-refractivity contribution in [1.82, 2.24) is 0 Å². The van der Waals surface area contributed by atoms with E-state index in [2.05, 4.69) is 11.8 Å². The quantitative estimate of drug-likeness (QED) is 0.128. The molecule has 0 unspecified atom stereocenters. The molecular weight excluding hydrogens is 370 g/mol. The van der Waals surface area contributed by atoms with E-state index in [1.54, 1.807) is 0 Å². The number of nitrogens with two attached hydrogens (primary N) is 1. The average Bonchev–Trinajstić information content (AvgIpc) is 1.88. The Labute approximate surface area is 180 Å². The zero-order valence-corrected chi connectivity index (χ0v) is 13.9. The molecule has 0 aliphatic heterocycles. The van der Waals surface area contributed by atoms with Gasteiger partial charge < -0.3 is 23.4 Å². The summed E-state index contributed by atoms with van der Waals surface area (Å²) in [6.07, 6.45) is 0. The van der Waals surface area contributed by atoms with Gasteiger partial charge in [0.25, 0.3) is 0 Å². The first-order chi connectivity index (χ1) is 6.00. The summed E-state index contributed by atoms with van der Waals surface area (Å²) in [5, 5.41) is 13.2. The van der Waals surface area contributed by atoms with E-state index in [-0.39, 0.29) is 104 Å². The molecule has 0 heterocycles. The van der Waals surface area contributed by atoms with Gasteiger partial charge in [-0.3, -0.25) is 16.8 Å². The van der Waals surface area contributed by atoms with Crippen molar-refractivity contribution in [2.45, 2.75) is 44.6 Å². The van der Waals surface area contributed by atoms with Crippen LogP contribution in [0.5, 0.6) is 0 Å². The maximum absolute atomic E-state index is 8.52. The van der Waals surface area contributed by atoms with Crippen molar-refractivity contribution in [3.8, 4) is 0 Å². The van der Waals surface area contributed by atoms with E-state index in [4.69, 9.17) is 45.5 Å². The number of hydrogen-bond acceptors (Lipinski definition) is 11. The Balaban J connectivity index is -0.00000000571. The van der Waals surface area contributed by atoms with Crippen molar-refractivity contribution in [3.05, 3.63) is 0 Å². The molecule has 7 N–H and O–H groups in total. The summed E-state index contributed by atoms with van der Waals surface area (Å²) >= 11 is 0. The monoisotopic (exact) mass is 401 g/mol. The molecule has 0 saturated heterocycles. The third-order valence-corrected chi connectivity index (χ3v) is 0. The Morgan fingerprint density at radius 2 is 0.591 bits per heavy atom. The molecule has 0 amide bonds. The van der Waals surface area contributed by atoms with Gasteiger partial charge in [-0.25, -0.2) is 17.0 Å². The fraction of sp³-hybridized carbons (Fsp3) is 1.00. The second-order valence-corrected chi connectivity index (χ2v) is 2.45. The normalized spacial score (nSPS) is 5.82. The molecule has 0 radical (unpaired) electrons. The fourth-order valence-electron chi connectivity index (χ4n) is 0. The summed E-state index contributed by atoms with van der Waals surface area (Å²) < 4.78 is 68.2. The molecule has 0 aliphatic carbocycles. The molecule has 0 aromatic heterocycles. The number of hydrogen-bond donors (Lipinski definition) is 4. The van der Waals surface area contributed by atoms with E-state index in [1.165, 1.54) is 0 Å². The molecule has 140 valence electrons. The largest absolute Gasteiger partial charge is 1.00 e. The standard InChI is InChI=1S/6CH4.H4NO.H3NO.2Na.2H2O4S/c;;;;;;2*1-2;;;2*1-5(2,3)4/h6*1H4;2H,1H3;2H,1H2;;;2*(H2,1,2,3,4)/q;;;;;;+1;;2*+1;;/p-4. The van der Waals surface area contributed by atoms with Gasteiger partial charge in [-0.15, -0.1) is 0 Å². The maximum atomic E-state index is 8.52. The number of quaternary nitrogens is 1. The first-order valence-corrected chi connectivity index (χ1v) is 4.57. The molecule has 16 heteroatoms. The summed E-state index contributed by atoms with van der Waals surface area (Å²) in [6, 6.07) is 0. The fourth-order valence-corrected chi connectivity index (χ4v) is 0. The molecule has 0 fully saturated rings. The molecule has 0 bridgehead atoms. The first kappa shape index (κ1) is 89.7. The first-order valence-electron chi connectivity index (χ1n) is 1.91. The number of rotatable bonds is 0. The third-order valence-electron chi connectivity index (χ3n) is 0. The van der Waals surface area contributed by atoms with Crippen molar-refractivity contribution < 1.29 is 110 Å². The second kappa shape index (κ2) is 57.0. The van der Waals surface area contributed by atoms with E-state index < -0.39 is 20.8 Å². The smallest absolute Gasteiger partial charge is 0.759 e. The SMILES string of the molecule is C.C.C.C.C.C.NO.O=S(=O)([O-])[O-].O=S(=O)([O-])[O-].[NH3+]O.[Na+].[Na+]. The molecule has 0 rings (SSSR count). The van der Waals surface area contributed by atoms with Crippen LogP contribution in [0, 0.1) is 0 Å². The molecule has 22 heavy (non-hydrogen) atoms. The predicted octanol–water partition coefficient (Wildman–Crippen LogP) is -6.90. The van der Waals surface area contributed by atoms with E-state index in [0.717, 1.165) is 0 Å². The van der Waals surface area contributed by atoms with Crippen LogP contribution in [-0.2, 0) is 20.8 Å². The van der Waals surface area contributed by atoms with Gasteiger partial charge in [0.1, 0.15) is 0 Å². The summed E-state index contributed by atoms with van der Waals surface area (Å²) in [6.45, 7) is 0. The summed E-state index contributed by atoms with van der Waals surface area (Å²) in [7, 11) is -10.3. The van der Waals surface area contributed by atoms with Crippen LogP contribution in [0.3, 0.4) is 0 Å². The van der Waals surface area contributed by atoms with E-state index in [1.807, 2.05) is 0 Å². The topological polar surface area (TPSA) is 255 Å². The van der Waals surface area contributed by atoms with Crippen LogP contribution in [0.4, 0.5) is 0 Å². The van der Waals surface area contributed by atoms with Crippen LogP contribution in [0.1, 0.15) is 44.6 Å². The summed E-state index contributed by atoms with van der Waals surface area (Å²) in [5.74, 6) is 5.75. The van der Waals surface area contributed by atoms with Crippen molar-refractivity contribution in [2.75, 3.05) is 0 Å². The Morgan fingerprint density at radius 1 is 0.591 bits per heavy atom. The van der Waals surface area contributed by atoms with Crippen LogP contribution in [0.2, 0.25) is 0 Å². The van der Waals surface area contributed by atoms with Crippen LogP contribution >= 0.6 is 0 Å². The van der Waals surface area contributed by atoms with E-state index >= 15 is 0 Å². The maximum Gasteiger partial charge on any atom is 1.00 e. The van der Waals surface area contributed by atoms with Gasteiger partial charge in [0.2, 0.25) is 0 Å². The zero-order valence-electron chi connectivity index (χ0n) is 8.26. The Morgan fingerprint density at radius 3 is 0.591 bits per heavy atom. The van der Waals surface area contributed by atoms with E-state index in [0.29, 0.717) is 0 Å². The molecule has 0 aromatic carbocycles. The summed E-state index contributed by atoms with van der Waals surface area (Å²) in [4.78, 5) is 0. The van der Waals surface area contributed by atoms with Gasteiger partial charge in [0.15, 0.2) is 0 Å². The molecule has 0 aromatic rings. The Bertz CT molecular complexity index is 240. The van der Waals surface area contributed by atoms with Crippen molar-refractivity contribution in [1.29, 1.82) is 0 Å². The van der Waals surface area contributed by atoms with Gasteiger partial charge in [-0.2, -0.15) is 0 Å². The minimum Gasteiger partial charge on any atom is -0.759 e. The average molecular weight is 401 g/mol. The minimum atomic E-state index is -5.17. The molecule has 0 spiro atoms. The zero-order chi connectivity index (χ0) is 13.0. The van der Waals surface area contributed by atoms with E-state index in [9.17, 15) is 0 Å². The minimum absolute atomic E-state index is 0. The van der Waals surface area contributed by atoms with Crippen LogP contribution in [0.25, 0.3) is 0 Å². The second-order valence-electron chi connectivity index (χ2n) is 0.816. The van der Waals surface area contributed by atoms with Crippen LogP contribution in [0.15, 0.2) is 0 Å². The molecule has 0 aliphatic rings. The molecular formula is C6H31N2Na2O10S2-. The third kappa shape index (κ3) is 3660. The summed E-state index contributed by atoms with van der Waals surface area (Å²) in [5.41, 5.74) is 0. The van der Waals surface area contributed by atoms with Crippen molar-refractivity contribution in [2.24, 2.45) is 5.90 Å². The van der Waals surface area contributed by atoms with Crippen LogP contribution in [-0.4, -0.2) is 45.5 Å². The predicted molar refractivity (Wildman–Crippen MR) is 72.0 cm³/mol. The van der Waals surface area contributed by atoms with Gasteiger partial charge in [0.05, 0.1) is 0 Å². The Kier molecular flexibility index (Phi) is 232.